The number of amides is 1. The first kappa shape index (κ1) is 19.9. The molecule has 7 nitrogen and oxygen atoms in total. The minimum absolute atomic E-state index is 0.238. The highest BCUT2D eigenvalue weighted by Crippen LogP contribution is 2.31. The molecule has 0 radical (unpaired) electrons. The zero-order chi connectivity index (χ0) is 21.9. The predicted molar refractivity (Wildman–Crippen MR) is 124 cm³/mol. The topological polar surface area (TPSA) is 81.9 Å². The molecule has 1 amide bonds. The summed E-state index contributed by atoms with van der Waals surface area (Å²) < 4.78 is 7.76. The highest BCUT2D eigenvalue weighted by molar-refractivity contribution is 7.20. The van der Waals surface area contributed by atoms with Gasteiger partial charge in [-0.3, -0.25) is 9.78 Å². The average molecular weight is 442 g/mol. The second-order valence-corrected chi connectivity index (χ2v) is 8.14. The van der Waals surface area contributed by atoms with Crippen LogP contribution in [0.2, 0.25) is 0 Å². The Bertz CT molecular complexity index is 1380. The van der Waals surface area contributed by atoms with Gasteiger partial charge in [-0.15, -0.1) is 11.3 Å². The number of nitrogens with one attached hydrogen (secondary N) is 1. The first-order chi connectivity index (χ1) is 15.7. The number of ether oxygens (including phenoxy) is 1. The lowest BCUT2D eigenvalue weighted by atomic mass is 10.3. The Morgan fingerprint density at radius 1 is 1.06 bits per heavy atom. The number of rotatable bonds is 6. The van der Waals surface area contributed by atoms with Crippen LogP contribution in [-0.4, -0.2) is 25.7 Å². The number of anilines is 1. The van der Waals surface area contributed by atoms with E-state index in [0.717, 1.165) is 27.2 Å². The van der Waals surface area contributed by atoms with Crippen molar-refractivity contribution >= 4 is 33.3 Å². The summed E-state index contributed by atoms with van der Waals surface area (Å²) >= 11 is 1.40. The van der Waals surface area contributed by atoms with E-state index in [2.05, 4.69) is 20.4 Å². The van der Waals surface area contributed by atoms with Gasteiger partial charge in [0.25, 0.3) is 5.91 Å². The van der Waals surface area contributed by atoms with Gasteiger partial charge in [0.1, 0.15) is 11.4 Å². The monoisotopic (exact) mass is 441 g/mol. The van der Waals surface area contributed by atoms with E-state index in [9.17, 15) is 4.79 Å². The van der Waals surface area contributed by atoms with Crippen LogP contribution in [0.1, 0.15) is 20.9 Å². The number of pyridine rings is 2. The number of hydrogen-bond donors (Lipinski definition) is 1. The SMILES string of the molecule is Cc1nn(-c2ccccc2)c2sc(C(=O)Nc3ncccc3OCc3ccncc3)cc12. The fourth-order valence-electron chi connectivity index (χ4n) is 3.31. The Morgan fingerprint density at radius 3 is 2.69 bits per heavy atom. The van der Waals surface area contributed by atoms with Crippen LogP contribution >= 0.6 is 11.3 Å². The second-order valence-electron chi connectivity index (χ2n) is 7.11. The summed E-state index contributed by atoms with van der Waals surface area (Å²) in [5, 5.41) is 8.47. The van der Waals surface area contributed by atoms with E-state index >= 15 is 0 Å². The molecule has 0 aliphatic heterocycles. The number of carbonyl (C=O) groups excluding carboxylic acids is 1. The molecule has 0 atom stereocenters. The van der Waals surface area contributed by atoms with Gasteiger partial charge >= 0.3 is 0 Å². The van der Waals surface area contributed by atoms with Crippen molar-refractivity contribution in [2.45, 2.75) is 13.5 Å². The van der Waals surface area contributed by atoms with Crippen molar-refractivity contribution in [3.8, 4) is 11.4 Å². The van der Waals surface area contributed by atoms with Crippen LogP contribution in [0.4, 0.5) is 5.82 Å². The van der Waals surface area contributed by atoms with Crippen LogP contribution in [0.3, 0.4) is 0 Å². The molecule has 0 unspecified atom stereocenters. The van der Waals surface area contributed by atoms with E-state index in [1.54, 1.807) is 30.7 Å². The van der Waals surface area contributed by atoms with Gasteiger partial charge in [-0.1, -0.05) is 18.2 Å². The summed E-state index contributed by atoms with van der Waals surface area (Å²) in [6.07, 6.45) is 5.05. The fraction of sp³-hybridized carbons (Fsp3) is 0.0833. The number of hydrogen-bond acceptors (Lipinski definition) is 6. The van der Waals surface area contributed by atoms with E-state index < -0.39 is 0 Å². The van der Waals surface area contributed by atoms with Gasteiger partial charge < -0.3 is 10.1 Å². The molecule has 0 spiro atoms. The van der Waals surface area contributed by atoms with Crippen LogP contribution in [0.5, 0.6) is 5.75 Å². The van der Waals surface area contributed by atoms with Crippen LogP contribution in [0, 0.1) is 6.92 Å². The zero-order valence-electron chi connectivity index (χ0n) is 17.2. The first-order valence-electron chi connectivity index (χ1n) is 10.0. The lowest BCUT2D eigenvalue weighted by Crippen LogP contribution is -2.12. The van der Waals surface area contributed by atoms with Crippen molar-refractivity contribution in [3.05, 3.63) is 95.4 Å². The number of benzene rings is 1. The summed E-state index contributed by atoms with van der Waals surface area (Å²) in [5.41, 5.74) is 2.81. The molecule has 8 heteroatoms. The molecule has 5 aromatic rings. The van der Waals surface area contributed by atoms with Crippen LogP contribution in [0.25, 0.3) is 15.9 Å². The third kappa shape index (κ3) is 3.95. The van der Waals surface area contributed by atoms with Crippen molar-refractivity contribution in [1.29, 1.82) is 0 Å². The summed E-state index contributed by atoms with van der Waals surface area (Å²) in [4.78, 5) is 22.8. The number of aromatic nitrogens is 4. The molecule has 0 saturated heterocycles. The average Bonchev–Trinajstić information content (AvgIpc) is 3.40. The van der Waals surface area contributed by atoms with Crippen LogP contribution in [-0.2, 0) is 6.61 Å². The quantitative estimate of drug-likeness (QED) is 0.400. The molecule has 0 saturated carbocycles. The van der Waals surface area contributed by atoms with Gasteiger partial charge in [0.2, 0.25) is 0 Å². The highest BCUT2D eigenvalue weighted by atomic mass is 32.1. The number of para-hydroxylation sites is 1. The smallest absolute Gasteiger partial charge is 0.267 e. The predicted octanol–water partition coefficient (Wildman–Crippen LogP) is 5.02. The van der Waals surface area contributed by atoms with E-state index in [0.29, 0.717) is 23.1 Å². The number of thiophene rings is 1. The van der Waals surface area contributed by atoms with E-state index in [4.69, 9.17) is 4.74 Å². The molecule has 0 aliphatic rings. The first-order valence-corrected chi connectivity index (χ1v) is 10.8. The Morgan fingerprint density at radius 2 is 1.88 bits per heavy atom. The molecule has 1 N–H and O–H groups in total. The molecule has 32 heavy (non-hydrogen) atoms. The minimum Gasteiger partial charge on any atom is -0.485 e. The van der Waals surface area contributed by atoms with Crippen molar-refractivity contribution in [1.82, 2.24) is 19.7 Å². The molecule has 4 heterocycles. The molecule has 0 fully saturated rings. The van der Waals surface area contributed by atoms with Gasteiger partial charge in [0.05, 0.1) is 16.3 Å². The molecule has 4 aromatic heterocycles. The third-order valence-electron chi connectivity index (χ3n) is 4.92. The van der Waals surface area contributed by atoms with E-state index in [1.807, 2.05) is 60.1 Å². The molecule has 158 valence electrons. The number of carbonyl (C=O) groups is 1. The molecule has 0 bridgehead atoms. The lowest BCUT2D eigenvalue weighted by Gasteiger charge is -2.11. The Hall–Kier alpha value is -4.04. The summed E-state index contributed by atoms with van der Waals surface area (Å²) in [7, 11) is 0. The van der Waals surface area contributed by atoms with Gasteiger partial charge in [-0.25, -0.2) is 9.67 Å². The Balaban J connectivity index is 1.39. The molecular formula is C24H19N5O2S. The van der Waals surface area contributed by atoms with Gasteiger partial charge in [-0.2, -0.15) is 5.10 Å². The van der Waals surface area contributed by atoms with Crippen LogP contribution in [0.15, 0.2) is 79.3 Å². The van der Waals surface area contributed by atoms with Gasteiger partial charge in [0.15, 0.2) is 11.6 Å². The Kier molecular flexibility index (Phi) is 5.35. The molecular weight excluding hydrogens is 422 g/mol. The number of fused-ring (bicyclic) bond motifs is 1. The van der Waals surface area contributed by atoms with Crippen molar-refractivity contribution in [2.24, 2.45) is 0 Å². The third-order valence-corrected chi connectivity index (χ3v) is 6.02. The maximum absolute atomic E-state index is 13.0. The summed E-state index contributed by atoms with van der Waals surface area (Å²) in [6.45, 7) is 2.30. The number of nitrogens with zero attached hydrogens (tertiary/aromatic N) is 4. The summed E-state index contributed by atoms with van der Waals surface area (Å²) in [6, 6.07) is 19.1. The van der Waals surface area contributed by atoms with Crippen molar-refractivity contribution in [3.63, 3.8) is 0 Å². The van der Waals surface area contributed by atoms with Gasteiger partial charge in [0, 0.05) is 24.0 Å². The normalized spacial score (nSPS) is 10.9. The zero-order valence-corrected chi connectivity index (χ0v) is 18.0. The summed E-state index contributed by atoms with van der Waals surface area (Å²) in [5.74, 6) is 0.647. The van der Waals surface area contributed by atoms with Crippen molar-refractivity contribution < 1.29 is 9.53 Å². The largest absolute Gasteiger partial charge is 0.485 e. The van der Waals surface area contributed by atoms with Crippen LogP contribution < -0.4 is 10.1 Å². The minimum atomic E-state index is -0.238. The maximum atomic E-state index is 13.0. The Labute approximate surface area is 188 Å². The number of aryl methyl sites for hydroxylation is 1. The fourth-order valence-corrected chi connectivity index (χ4v) is 4.39. The molecule has 1 aromatic carbocycles. The van der Waals surface area contributed by atoms with E-state index in [1.165, 1.54) is 11.3 Å². The highest BCUT2D eigenvalue weighted by Gasteiger charge is 2.18. The second kappa shape index (κ2) is 8.60. The standard InChI is InChI=1S/C24H19N5O2S/c1-16-19-14-21(32-24(19)29(28-16)18-6-3-2-4-7-18)23(30)27-22-20(8-5-11-26-22)31-15-17-9-12-25-13-10-17/h2-14H,15H2,1H3,(H,26,27,30). The molecule has 0 aliphatic carbocycles. The lowest BCUT2D eigenvalue weighted by molar-refractivity contribution is 0.102. The van der Waals surface area contributed by atoms with Gasteiger partial charge in [-0.05, 0) is 55.0 Å². The molecule has 5 rings (SSSR count). The van der Waals surface area contributed by atoms with Crippen molar-refractivity contribution in [2.75, 3.05) is 5.32 Å². The van der Waals surface area contributed by atoms with E-state index in [-0.39, 0.29) is 5.91 Å². The maximum Gasteiger partial charge on any atom is 0.267 e.